The van der Waals surface area contributed by atoms with Gasteiger partial charge >= 0.3 is 12.3 Å². The van der Waals surface area contributed by atoms with Crippen molar-refractivity contribution in [1.82, 2.24) is 14.8 Å². The maximum Gasteiger partial charge on any atom is 0.417 e. The van der Waals surface area contributed by atoms with Crippen molar-refractivity contribution in [3.63, 3.8) is 0 Å². The molecule has 3 aliphatic heterocycles. The van der Waals surface area contributed by atoms with Crippen LogP contribution in [0.4, 0.5) is 32.4 Å². The largest absolute Gasteiger partial charge is 0.497 e. The van der Waals surface area contributed by atoms with Gasteiger partial charge in [0.15, 0.2) is 5.82 Å². The van der Waals surface area contributed by atoms with Crippen LogP contribution in [-0.4, -0.2) is 77.4 Å². The number of pyridine rings is 1. The maximum absolute atomic E-state index is 16.9. The van der Waals surface area contributed by atoms with E-state index in [1.54, 1.807) is 84.0 Å². The first kappa shape index (κ1) is 43.0. The van der Waals surface area contributed by atoms with Crippen LogP contribution in [0.1, 0.15) is 79.6 Å². The molecule has 3 aliphatic rings. The summed E-state index contributed by atoms with van der Waals surface area (Å²) < 4.78 is 101. The number of nitrogens with zero attached hydrogens (tertiary/aromatic N) is 4. The maximum atomic E-state index is 16.9. The molecular weight excluding hydrogens is 855 g/mol. The molecule has 1 aromatic heterocycles. The molecule has 0 spiro atoms. The number of hydrogen-bond donors (Lipinski definition) is 0. The van der Waals surface area contributed by atoms with E-state index in [1.807, 2.05) is 6.92 Å². The first-order valence-electron chi connectivity index (χ1n) is 19.6. The molecule has 2 fully saturated rings. The number of halogens is 6. The van der Waals surface area contributed by atoms with E-state index in [2.05, 4.69) is 20.9 Å². The Labute approximate surface area is 353 Å². The fourth-order valence-corrected chi connectivity index (χ4v) is 9.11. The van der Waals surface area contributed by atoms with Gasteiger partial charge in [-0.1, -0.05) is 31.2 Å². The molecule has 0 radical (unpaired) electrons. The van der Waals surface area contributed by atoms with Crippen molar-refractivity contribution in [2.45, 2.75) is 103 Å². The molecule has 4 atom stereocenters. The first-order valence-corrected chi connectivity index (χ1v) is 20.4. The zero-order chi connectivity index (χ0) is 43.4. The number of fused-ring (bicyclic) bond motifs is 5. The molecule has 4 heterocycles. The molecule has 0 N–H and O–H groups in total. The molecule has 1 unspecified atom stereocenters. The summed E-state index contributed by atoms with van der Waals surface area (Å²) in [6, 6.07) is 13.2. The highest BCUT2D eigenvalue weighted by atomic mass is 79.9. The molecule has 16 heteroatoms. The van der Waals surface area contributed by atoms with E-state index in [-0.39, 0.29) is 42.8 Å². The number of carbonyl (C=O) groups is 2. The van der Waals surface area contributed by atoms with Crippen molar-refractivity contribution in [3.8, 4) is 28.6 Å². The third-order valence-corrected chi connectivity index (χ3v) is 12.0. The molecule has 4 aromatic rings. The molecule has 320 valence electrons. The lowest BCUT2D eigenvalue weighted by Gasteiger charge is -2.47. The smallest absolute Gasteiger partial charge is 0.417 e. The van der Waals surface area contributed by atoms with Crippen LogP contribution in [0.25, 0.3) is 11.3 Å². The lowest BCUT2D eigenvalue weighted by molar-refractivity contribution is -0.137. The third-order valence-electron chi connectivity index (χ3n) is 11.3. The van der Waals surface area contributed by atoms with Crippen molar-refractivity contribution in [2.75, 3.05) is 25.7 Å². The summed E-state index contributed by atoms with van der Waals surface area (Å²) in [6.45, 7) is 8.27. The Morgan fingerprint density at radius 2 is 1.53 bits per heavy atom. The average molecular weight is 902 g/mol. The SMILES string of the molecule is CCC1Oc2nc(-c3cc(N(Cc4ccc(OC)cc4)Cc4ccc(OC)cc4)c(F)c(C)c3C(F)(F)F)c(F)c(Br)c2C(=O)N2C[C@H]3CC[C@@H]([C@@H]12)N3C(=O)OC(C)(C)C. The summed E-state index contributed by atoms with van der Waals surface area (Å²) in [6.07, 6.45) is -5.03. The highest BCUT2D eigenvalue weighted by molar-refractivity contribution is 9.10. The predicted molar refractivity (Wildman–Crippen MR) is 217 cm³/mol. The van der Waals surface area contributed by atoms with Gasteiger partial charge in [0.25, 0.3) is 5.91 Å². The standard InChI is InChI=1S/C44H46BrF5N4O6/c1-8-32-39-30-18-13-26(54(30)42(56)60-43(3,4)5)22-53(39)41(55)33-35(45)37(47)38(51-40(33)59-32)29-19-31(36(46)23(2)34(29)44(48,49)50)52(20-24-9-14-27(57-6)15-10-24)21-25-11-16-28(58-7)17-12-25/h9-12,14-17,19,26,30,32,39H,8,13,18,20-22H2,1-7H3/t26-,30+,32?,39+/m1/s1. The van der Waals surface area contributed by atoms with Gasteiger partial charge in [-0.2, -0.15) is 13.2 Å². The van der Waals surface area contributed by atoms with Crippen molar-refractivity contribution in [1.29, 1.82) is 0 Å². The fraction of sp³-hybridized carbons (Fsp3) is 0.432. The number of hydrogen-bond acceptors (Lipinski definition) is 8. The van der Waals surface area contributed by atoms with Crippen molar-refractivity contribution >= 4 is 33.6 Å². The number of benzene rings is 3. The van der Waals surface area contributed by atoms with Gasteiger partial charge in [-0.3, -0.25) is 9.69 Å². The number of methoxy groups -OCH3 is 2. The lowest BCUT2D eigenvalue weighted by atomic mass is 9.94. The number of aromatic nitrogens is 1. The van der Waals surface area contributed by atoms with Crippen LogP contribution >= 0.6 is 15.9 Å². The average Bonchev–Trinajstić information content (AvgIpc) is 3.45. The number of piperazine rings is 1. The van der Waals surface area contributed by atoms with E-state index in [4.69, 9.17) is 18.9 Å². The van der Waals surface area contributed by atoms with Crippen molar-refractivity contribution in [3.05, 3.63) is 98.5 Å². The van der Waals surface area contributed by atoms with Gasteiger partial charge in [0.05, 0.1) is 48.1 Å². The minimum absolute atomic E-state index is 0.0382. The topological polar surface area (TPSA) is 93.7 Å². The minimum Gasteiger partial charge on any atom is -0.497 e. The van der Waals surface area contributed by atoms with Gasteiger partial charge in [0.2, 0.25) is 5.88 Å². The number of rotatable bonds is 9. The van der Waals surface area contributed by atoms with E-state index in [1.165, 1.54) is 14.2 Å². The molecule has 60 heavy (non-hydrogen) atoms. The van der Waals surface area contributed by atoms with Gasteiger partial charge in [-0.25, -0.2) is 18.6 Å². The second kappa shape index (κ2) is 16.4. The highest BCUT2D eigenvalue weighted by Crippen LogP contribution is 2.48. The minimum atomic E-state index is -5.16. The van der Waals surface area contributed by atoms with Crippen LogP contribution in [0.5, 0.6) is 17.4 Å². The Hall–Kier alpha value is -5.12. The summed E-state index contributed by atoms with van der Waals surface area (Å²) in [5.41, 5.74) is -3.66. The van der Waals surface area contributed by atoms with Gasteiger partial charge in [-0.15, -0.1) is 0 Å². The number of ether oxygens (including phenoxy) is 4. The van der Waals surface area contributed by atoms with Crippen LogP contribution in [0.15, 0.2) is 59.1 Å². The Kier molecular flexibility index (Phi) is 11.7. The molecular formula is C44H46BrF5N4O6. The van der Waals surface area contributed by atoms with E-state index in [0.29, 0.717) is 41.9 Å². The van der Waals surface area contributed by atoms with E-state index in [9.17, 15) is 9.59 Å². The summed E-state index contributed by atoms with van der Waals surface area (Å²) in [7, 11) is 3.03. The molecule has 3 aromatic carbocycles. The Morgan fingerprint density at radius 3 is 2.05 bits per heavy atom. The normalized spacial score (nSPS) is 19.9. The predicted octanol–water partition coefficient (Wildman–Crippen LogP) is 10.1. The van der Waals surface area contributed by atoms with Crippen molar-refractivity contribution < 1.29 is 50.5 Å². The van der Waals surface area contributed by atoms with Crippen LogP contribution in [0.3, 0.4) is 0 Å². The Balaban J connectivity index is 1.36. The van der Waals surface area contributed by atoms with Gasteiger partial charge in [0, 0.05) is 25.2 Å². The quantitative estimate of drug-likeness (QED) is 0.153. The van der Waals surface area contributed by atoms with E-state index < -0.39 is 80.5 Å². The Morgan fingerprint density at radius 1 is 0.950 bits per heavy atom. The summed E-state index contributed by atoms with van der Waals surface area (Å²) in [4.78, 5) is 37.1. The lowest BCUT2D eigenvalue weighted by Crippen LogP contribution is -2.66. The van der Waals surface area contributed by atoms with Gasteiger partial charge < -0.3 is 28.7 Å². The first-order chi connectivity index (χ1) is 28.3. The third kappa shape index (κ3) is 8.06. The van der Waals surface area contributed by atoms with Gasteiger partial charge in [0.1, 0.15) is 40.3 Å². The second-order valence-corrected chi connectivity index (χ2v) is 17.1. The molecule has 0 aliphatic carbocycles. The van der Waals surface area contributed by atoms with Gasteiger partial charge in [-0.05, 0) is 110 Å². The monoisotopic (exact) mass is 900 g/mol. The van der Waals surface area contributed by atoms with Crippen molar-refractivity contribution in [2.24, 2.45) is 0 Å². The highest BCUT2D eigenvalue weighted by Gasteiger charge is 2.55. The fourth-order valence-electron chi connectivity index (χ4n) is 8.58. The molecule has 2 saturated heterocycles. The number of carbonyl (C=O) groups excluding carboxylic acids is 2. The summed E-state index contributed by atoms with van der Waals surface area (Å²) in [5, 5.41) is 0. The molecule has 10 nitrogen and oxygen atoms in total. The number of amides is 2. The van der Waals surface area contributed by atoms with Crippen LogP contribution < -0.4 is 19.1 Å². The zero-order valence-electron chi connectivity index (χ0n) is 34.3. The molecule has 2 amide bonds. The Bertz CT molecular complexity index is 2240. The van der Waals surface area contributed by atoms with E-state index >= 15 is 22.0 Å². The van der Waals surface area contributed by atoms with Crippen LogP contribution in [0.2, 0.25) is 0 Å². The van der Waals surface area contributed by atoms with Crippen LogP contribution in [0, 0.1) is 18.6 Å². The molecule has 7 rings (SSSR count). The molecule has 0 saturated carbocycles. The summed E-state index contributed by atoms with van der Waals surface area (Å²) >= 11 is 3.22. The second-order valence-electron chi connectivity index (χ2n) is 16.3. The van der Waals surface area contributed by atoms with Crippen LogP contribution in [-0.2, 0) is 24.0 Å². The summed E-state index contributed by atoms with van der Waals surface area (Å²) in [5.74, 6) is -2.29. The van der Waals surface area contributed by atoms with E-state index in [0.717, 1.165) is 13.0 Å². The number of anilines is 1. The zero-order valence-corrected chi connectivity index (χ0v) is 35.8. The number of alkyl halides is 3. The molecule has 2 bridgehead atoms.